The minimum atomic E-state index is -0.626. The number of rotatable bonds is 9. The Kier molecular flexibility index (Phi) is 7.51. The Bertz CT molecular complexity index is 540. The lowest BCUT2D eigenvalue weighted by Gasteiger charge is -2.28. The molecule has 0 aromatic heterocycles. The first-order valence-electron chi connectivity index (χ1n) is 7.96. The molecule has 0 saturated carbocycles. The molecule has 0 heterocycles. The third-order valence-corrected chi connectivity index (χ3v) is 4.27. The topological polar surface area (TPSA) is 103 Å². The normalized spacial score (nSPS) is 10.9. The Morgan fingerprint density at radius 2 is 1.62 bits per heavy atom. The van der Waals surface area contributed by atoms with Gasteiger partial charge in [0.05, 0.1) is 26.2 Å². The molecule has 7 heteroatoms. The van der Waals surface area contributed by atoms with Crippen LogP contribution in [0.4, 0.5) is 5.69 Å². The van der Waals surface area contributed by atoms with Crippen molar-refractivity contribution in [3.63, 3.8) is 0 Å². The van der Waals surface area contributed by atoms with Crippen molar-refractivity contribution >= 4 is 17.5 Å². The van der Waals surface area contributed by atoms with E-state index >= 15 is 0 Å². The van der Waals surface area contributed by atoms with Crippen LogP contribution in [0.25, 0.3) is 0 Å². The van der Waals surface area contributed by atoms with E-state index in [1.165, 1.54) is 14.2 Å². The van der Waals surface area contributed by atoms with Gasteiger partial charge in [0.25, 0.3) is 0 Å². The van der Waals surface area contributed by atoms with Crippen LogP contribution in [0.15, 0.2) is 18.2 Å². The van der Waals surface area contributed by atoms with Gasteiger partial charge in [-0.3, -0.25) is 9.59 Å². The van der Waals surface area contributed by atoms with Gasteiger partial charge in [-0.15, -0.1) is 0 Å². The van der Waals surface area contributed by atoms with Crippen LogP contribution in [-0.4, -0.2) is 39.1 Å². The van der Waals surface area contributed by atoms with E-state index in [4.69, 9.17) is 15.2 Å². The summed E-state index contributed by atoms with van der Waals surface area (Å²) in [5.41, 5.74) is 5.64. The highest BCUT2D eigenvalue weighted by Crippen LogP contribution is 2.26. The van der Waals surface area contributed by atoms with E-state index in [0.29, 0.717) is 30.0 Å². The molecule has 0 spiro atoms. The van der Waals surface area contributed by atoms with Gasteiger partial charge in [-0.2, -0.15) is 0 Å². The van der Waals surface area contributed by atoms with E-state index in [2.05, 4.69) is 10.6 Å². The van der Waals surface area contributed by atoms with Crippen LogP contribution in [0.3, 0.4) is 0 Å². The number of methoxy groups -OCH3 is 2. The van der Waals surface area contributed by atoms with Gasteiger partial charge >= 0.3 is 0 Å². The molecule has 0 unspecified atom stereocenters. The van der Waals surface area contributed by atoms with E-state index < -0.39 is 5.41 Å². The maximum Gasteiger partial charge on any atom is 0.243 e. The van der Waals surface area contributed by atoms with Crippen molar-refractivity contribution in [1.29, 1.82) is 0 Å². The second kappa shape index (κ2) is 9.12. The average molecular weight is 337 g/mol. The number of carbonyl (C=O) groups is 2. The van der Waals surface area contributed by atoms with Crippen LogP contribution in [0.1, 0.15) is 26.7 Å². The summed E-state index contributed by atoms with van der Waals surface area (Å²) in [6.45, 7) is 3.96. The molecule has 4 N–H and O–H groups in total. The molecular weight excluding hydrogens is 310 g/mol. The van der Waals surface area contributed by atoms with Crippen molar-refractivity contribution < 1.29 is 19.1 Å². The van der Waals surface area contributed by atoms with E-state index in [1.54, 1.807) is 18.2 Å². The summed E-state index contributed by atoms with van der Waals surface area (Å²) in [6, 6.07) is 5.05. The number of amides is 2. The summed E-state index contributed by atoms with van der Waals surface area (Å²) < 4.78 is 10.3. The fraction of sp³-hybridized carbons (Fsp3) is 0.529. The predicted octanol–water partition coefficient (Wildman–Crippen LogP) is 1.52. The van der Waals surface area contributed by atoms with Gasteiger partial charge in [0.1, 0.15) is 11.5 Å². The van der Waals surface area contributed by atoms with Gasteiger partial charge < -0.3 is 25.8 Å². The molecule has 0 saturated heterocycles. The third-order valence-electron chi connectivity index (χ3n) is 4.27. The second-order valence-electron chi connectivity index (χ2n) is 5.52. The molecule has 0 bridgehead atoms. The first-order valence-corrected chi connectivity index (χ1v) is 7.96. The van der Waals surface area contributed by atoms with E-state index in [0.717, 1.165) is 0 Å². The molecule has 0 aliphatic carbocycles. The van der Waals surface area contributed by atoms with Gasteiger partial charge in [0.15, 0.2) is 0 Å². The van der Waals surface area contributed by atoms with Gasteiger partial charge in [-0.05, 0) is 12.8 Å². The minimum Gasteiger partial charge on any atom is -0.497 e. The van der Waals surface area contributed by atoms with Crippen molar-refractivity contribution in [1.82, 2.24) is 5.32 Å². The molecule has 1 aromatic rings. The molecule has 0 fully saturated rings. The van der Waals surface area contributed by atoms with E-state index in [-0.39, 0.29) is 24.9 Å². The van der Waals surface area contributed by atoms with Crippen LogP contribution in [0, 0.1) is 5.41 Å². The molecule has 0 radical (unpaired) electrons. The van der Waals surface area contributed by atoms with E-state index in [9.17, 15) is 9.59 Å². The van der Waals surface area contributed by atoms with Gasteiger partial charge in [-0.25, -0.2) is 0 Å². The Hall–Kier alpha value is -2.28. The minimum absolute atomic E-state index is 0.125. The Labute approximate surface area is 142 Å². The number of nitrogens with two attached hydrogens (primary N) is 1. The lowest BCUT2D eigenvalue weighted by atomic mass is 9.81. The van der Waals surface area contributed by atoms with Crippen molar-refractivity contribution in [3.8, 4) is 11.5 Å². The maximum absolute atomic E-state index is 12.3. The number of hydrogen-bond donors (Lipinski definition) is 3. The number of benzene rings is 1. The Morgan fingerprint density at radius 1 is 1.08 bits per heavy atom. The Morgan fingerprint density at radius 3 is 2.04 bits per heavy atom. The number of carbonyl (C=O) groups excluding carboxylic acids is 2. The summed E-state index contributed by atoms with van der Waals surface area (Å²) in [6.07, 6.45) is 1.25. The highest BCUT2D eigenvalue weighted by molar-refractivity contribution is 5.95. The first-order chi connectivity index (χ1) is 11.4. The van der Waals surface area contributed by atoms with Gasteiger partial charge in [0.2, 0.25) is 11.8 Å². The quantitative estimate of drug-likeness (QED) is 0.634. The lowest BCUT2D eigenvalue weighted by Crippen LogP contribution is -2.47. The zero-order valence-corrected chi connectivity index (χ0v) is 14.8. The number of ether oxygens (including phenoxy) is 2. The fourth-order valence-corrected chi connectivity index (χ4v) is 2.39. The van der Waals surface area contributed by atoms with E-state index in [1.807, 2.05) is 13.8 Å². The number of nitrogens with one attached hydrogen (secondary N) is 2. The molecule has 0 aliphatic rings. The van der Waals surface area contributed by atoms with Crippen LogP contribution in [0.2, 0.25) is 0 Å². The van der Waals surface area contributed by atoms with Gasteiger partial charge in [0, 0.05) is 30.4 Å². The van der Waals surface area contributed by atoms with Crippen molar-refractivity contribution in [2.75, 3.05) is 32.6 Å². The highest BCUT2D eigenvalue weighted by Gasteiger charge is 2.33. The lowest BCUT2D eigenvalue weighted by molar-refractivity contribution is -0.132. The standard InChI is InChI=1S/C17H27N3O4/c1-5-17(6-2,11-18)16(22)19-10-15(21)20-12-7-13(23-3)9-14(8-12)24-4/h7-9H,5-6,10-11,18H2,1-4H3,(H,19,22)(H,20,21). The predicted molar refractivity (Wildman–Crippen MR) is 93.3 cm³/mol. The van der Waals surface area contributed by atoms with Crippen LogP contribution in [0.5, 0.6) is 11.5 Å². The molecule has 1 rings (SSSR count). The summed E-state index contributed by atoms with van der Waals surface area (Å²) in [5.74, 6) is 0.589. The maximum atomic E-state index is 12.3. The SMILES string of the molecule is CCC(CC)(CN)C(=O)NCC(=O)Nc1cc(OC)cc(OC)c1. The molecule has 1 aromatic carbocycles. The monoisotopic (exact) mass is 337 g/mol. The summed E-state index contributed by atoms with van der Waals surface area (Å²) in [7, 11) is 3.06. The molecule has 0 atom stereocenters. The summed E-state index contributed by atoms with van der Waals surface area (Å²) in [4.78, 5) is 24.4. The largest absolute Gasteiger partial charge is 0.497 e. The molecular formula is C17H27N3O4. The van der Waals surface area contributed by atoms with Crippen molar-refractivity contribution in [2.45, 2.75) is 26.7 Å². The zero-order chi connectivity index (χ0) is 18.2. The summed E-state index contributed by atoms with van der Waals surface area (Å²) in [5, 5.41) is 5.37. The van der Waals surface area contributed by atoms with Crippen molar-refractivity contribution in [3.05, 3.63) is 18.2 Å². The highest BCUT2D eigenvalue weighted by atomic mass is 16.5. The zero-order valence-electron chi connectivity index (χ0n) is 14.8. The molecule has 7 nitrogen and oxygen atoms in total. The first kappa shape index (κ1) is 19.8. The second-order valence-corrected chi connectivity index (χ2v) is 5.52. The third kappa shape index (κ3) is 4.86. The molecule has 2 amide bonds. The fourth-order valence-electron chi connectivity index (χ4n) is 2.39. The van der Waals surface area contributed by atoms with Crippen molar-refractivity contribution in [2.24, 2.45) is 11.1 Å². The Balaban J connectivity index is 2.68. The van der Waals surface area contributed by atoms with Gasteiger partial charge in [-0.1, -0.05) is 13.8 Å². The van der Waals surface area contributed by atoms with Crippen LogP contribution >= 0.6 is 0 Å². The number of anilines is 1. The summed E-state index contributed by atoms with van der Waals surface area (Å²) >= 11 is 0. The van der Waals surface area contributed by atoms with Crippen LogP contribution < -0.4 is 25.8 Å². The molecule has 24 heavy (non-hydrogen) atoms. The molecule has 0 aliphatic heterocycles. The van der Waals surface area contributed by atoms with Crippen LogP contribution in [-0.2, 0) is 9.59 Å². The molecule has 134 valence electrons. The average Bonchev–Trinajstić information content (AvgIpc) is 2.61. The smallest absolute Gasteiger partial charge is 0.243 e. The number of hydrogen-bond acceptors (Lipinski definition) is 5.